The van der Waals surface area contributed by atoms with Gasteiger partial charge in [-0.25, -0.2) is 0 Å². The number of hydrogen-bond acceptors (Lipinski definition) is 3. The van der Waals surface area contributed by atoms with E-state index in [4.69, 9.17) is 4.74 Å². The Labute approximate surface area is 163 Å². The smallest absolute Gasteiger partial charge is 0.255 e. The van der Waals surface area contributed by atoms with E-state index in [2.05, 4.69) is 10.6 Å². The molecule has 0 bridgehead atoms. The number of anilines is 1. The highest BCUT2D eigenvalue weighted by Gasteiger charge is 2.23. The topological polar surface area (TPSA) is 67.4 Å². The van der Waals surface area contributed by atoms with Gasteiger partial charge in [0.1, 0.15) is 11.5 Å². The van der Waals surface area contributed by atoms with E-state index in [1.807, 2.05) is 30.3 Å². The first kappa shape index (κ1) is 17.8. The number of ether oxygens (including phenoxy) is 1. The summed E-state index contributed by atoms with van der Waals surface area (Å²) in [6.07, 6.45) is 2.06. The average Bonchev–Trinajstić information content (AvgIpc) is 3.53. The Hall–Kier alpha value is -3.60. The van der Waals surface area contributed by atoms with Crippen molar-refractivity contribution in [3.63, 3.8) is 0 Å². The molecule has 3 aromatic carbocycles. The summed E-state index contributed by atoms with van der Waals surface area (Å²) >= 11 is 0. The average molecular weight is 372 g/mol. The van der Waals surface area contributed by atoms with Crippen LogP contribution in [0, 0.1) is 0 Å². The van der Waals surface area contributed by atoms with E-state index >= 15 is 0 Å². The number of carbonyl (C=O) groups excluding carboxylic acids is 2. The fourth-order valence-electron chi connectivity index (χ4n) is 2.76. The van der Waals surface area contributed by atoms with Gasteiger partial charge in [-0.3, -0.25) is 9.59 Å². The Bertz CT molecular complexity index is 997. The highest BCUT2D eigenvalue weighted by molar-refractivity contribution is 6.05. The second-order valence-electron chi connectivity index (χ2n) is 6.73. The summed E-state index contributed by atoms with van der Waals surface area (Å²) in [7, 11) is 0. The summed E-state index contributed by atoms with van der Waals surface area (Å²) in [4.78, 5) is 24.8. The minimum Gasteiger partial charge on any atom is -0.457 e. The van der Waals surface area contributed by atoms with Crippen LogP contribution >= 0.6 is 0 Å². The lowest BCUT2D eigenvalue weighted by molar-refractivity contribution is 0.0949. The van der Waals surface area contributed by atoms with Gasteiger partial charge in [-0.05, 0) is 61.4 Å². The van der Waals surface area contributed by atoms with Crippen molar-refractivity contribution in [1.29, 1.82) is 0 Å². The van der Waals surface area contributed by atoms with Crippen molar-refractivity contribution in [3.8, 4) is 11.5 Å². The van der Waals surface area contributed by atoms with Gasteiger partial charge in [0.25, 0.3) is 11.8 Å². The zero-order chi connectivity index (χ0) is 19.3. The SMILES string of the molecule is O=C(Nc1cccc(C(=O)NC2CC2)c1)c1cccc(Oc2ccccc2)c1. The van der Waals surface area contributed by atoms with Gasteiger partial charge < -0.3 is 15.4 Å². The van der Waals surface area contributed by atoms with Gasteiger partial charge >= 0.3 is 0 Å². The summed E-state index contributed by atoms with van der Waals surface area (Å²) < 4.78 is 5.78. The molecular formula is C23H20N2O3. The predicted molar refractivity (Wildman–Crippen MR) is 108 cm³/mol. The van der Waals surface area contributed by atoms with E-state index in [1.165, 1.54) is 0 Å². The minimum absolute atomic E-state index is 0.114. The van der Waals surface area contributed by atoms with Gasteiger partial charge in [-0.2, -0.15) is 0 Å². The van der Waals surface area contributed by atoms with Crippen molar-refractivity contribution < 1.29 is 14.3 Å². The molecule has 3 aromatic rings. The monoisotopic (exact) mass is 372 g/mol. The summed E-state index contributed by atoms with van der Waals surface area (Å²) in [5.41, 5.74) is 1.58. The van der Waals surface area contributed by atoms with Crippen molar-refractivity contribution in [2.75, 3.05) is 5.32 Å². The lowest BCUT2D eigenvalue weighted by atomic mass is 10.1. The second kappa shape index (κ2) is 7.96. The molecule has 0 heterocycles. The van der Waals surface area contributed by atoms with Crippen molar-refractivity contribution in [3.05, 3.63) is 90.0 Å². The summed E-state index contributed by atoms with van der Waals surface area (Å²) in [6, 6.07) is 23.6. The molecule has 0 aliphatic heterocycles. The highest BCUT2D eigenvalue weighted by atomic mass is 16.5. The van der Waals surface area contributed by atoms with Crippen LogP contribution in [0.1, 0.15) is 33.6 Å². The standard InChI is InChI=1S/C23H20N2O3/c26-22(24-18-12-13-18)16-6-4-8-19(14-16)25-23(27)17-7-5-11-21(15-17)28-20-9-2-1-3-10-20/h1-11,14-15,18H,12-13H2,(H,24,26)(H,25,27). The van der Waals surface area contributed by atoms with Crippen LogP contribution in [-0.4, -0.2) is 17.9 Å². The van der Waals surface area contributed by atoms with Crippen LogP contribution in [0.4, 0.5) is 5.69 Å². The summed E-state index contributed by atoms with van der Waals surface area (Å²) in [6.45, 7) is 0. The largest absolute Gasteiger partial charge is 0.457 e. The Morgan fingerprint density at radius 1 is 0.750 bits per heavy atom. The van der Waals surface area contributed by atoms with Gasteiger partial charge in [0.15, 0.2) is 0 Å². The zero-order valence-corrected chi connectivity index (χ0v) is 15.2. The second-order valence-corrected chi connectivity index (χ2v) is 6.73. The van der Waals surface area contributed by atoms with Gasteiger partial charge in [-0.15, -0.1) is 0 Å². The molecule has 1 fully saturated rings. The molecule has 2 amide bonds. The molecule has 2 N–H and O–H groups in total. The lowest BCUT2D eigenvalue weighted by Crippen LogP contribution is -2.25. The molecule has 0 radical (unpaired) electrons. The predicted octanol–water partition coefficient (Wildman–Crippen LogP) is 4.62. The zero-order valence-electron chi connectivity index (χ0n) is 15.2. The molecule has 1 aliphatic carbocycles. The molecule has 4 rings (SSSR count). The summed E-state index contributed by atoms with van der Waals surface area (Å²) in [5, 5.41) is 5.78. The summed E-state index contributed by atoms with van der Waals surface area (Å²) in [5.74, 6) is 0.904. The van der Waals surface area contributed by atoms with Crippen molar-refractivity contribution >= 4 is 17.5 Å². The first-order valence-corrected chi connectivity index (χ1v) is 9.23. The molecule has 5 nitrogen and oxygen atoms in total. The maximum atomic E-state index is 12.6. The van der Waals surface area contributed by atoms with Crippen LogP contribution < -0.4 is 15.4 Å². The minimum atomic E-state index is -0.265. The van der Waals surface area contributed by atoms with Crippen LogP contribution in [0.25, 0.3) is 0 Å². The van der Waals surface area contributed by atoms with Gasteiger partial charge in [-0.1, -0.05) is 30.3 Å². The number of nitrogens with one attached hydrogen (secondary N) is 2. The number of hydrogen-bond donors (Lipinski definition) is 2. The number of rotatable bonds is 6. The van der Waals surface area contributed by atoms with Crippen molar-refractivity contribution in [2.24, 2.45) is 0 Å². The number of amides is 2. The third-order valence-electron chi connectivity index (χ3n) is 4.37. The molecular weight excluding hydrogens is 352 g/mol. The quantitative estimate of drug-likeness (QED) is 0.663. The Kier molecular flexibility index (Phi) is 5.06. The molecule has 28 heavy (non-hydrogen) atoms. The Morgan fingerprint density at radius 3 is 2.18 bits per heavy atom. The third kappa shape index (κ3) is 4.57. The van der Waals surface area contributed by atoms with E-state index in [0.717, 1.165) is 12.8 Å². The van der Waals surface area contributed by atoms with Gasteiger partial charge in [0.2, 0.25) is 0 Å². The van der Waals surface area contributed by atoms with Crippen LogP contribution in [0.15, 0.2) is 78.9 Å². The molecule has 1 saturated carbocycles. The van der Waals surface area contributed by atoms with E-state index in [0.29, 0.717) is 28.3 Å². The number of carbonyl (C=O) groups is 2. The van der Waals surface area contributed by atoms with Crippen molar-refractivity contribution in [2.45, 2.75) is 18.9 Å². The van der Waals surface area contributed by atoms with Crippen LogP contribution in [0.2, 0.25) is 0 Å². The fourth-order valence-corrected chi connectivity index (χ4v) is 2.76. The van der Waals surface area contributed by atoms with E-state index in [-0.39, 0.29) is 17.9 Å². The lowest BCUT2D eigenvalue weighted by Gasteiger charge is -2.10. The molecule has 1 aliphatic rings. The number of benzene rings is 3. The molecule has 5 heteroatoms. The normalized spacial score (nSPS) is 12.9. The molecule has 0 spiro atoms. The molecule has 0 saturated heterocycles. The maximum Gasteiger partial charge on any atom is 0.255 e. The third-order valence-corrected chi connectivity index (χ3v) is 4.37. The molecule has 0 atom stereocenters. The molecule has 0 unspecified atom stereocenters. The first-order valence-electron chi connectivity index (χ1n) is 9.23. The van der Waals surface area contributed by atoms with Crippen LogP contribution in [0.5, 0.6) is 11.5 Å². The Morgan fingerprint density at radius 2 is 1.43 bits per heavy atom. The molecule has 140 valence electrons. The maximum absolute atomic E-state index is 12.6. The van der Waals surface area contributed by atoms with E-state index < -0.39 is 0 Å². The van der Waals surface area contributed by atoms with E-state index in [9.17, 15) is 9.59 Å². The number of para-hydroxylation sites is 1. The fraction of sp³-hybridized carbons (Fsp3) is 0.130. The molecule has 0 aromatic heterocycles. The van der Waals surface area contributed by atoms with Gasteiger partial charge in [0.05, 0.1) is 0 Å². The van der Waals surface area contributed by atoms with E-state index in [1.54, 1.807) is 48.5 Å². The van der Waals surface area contributed by atoms with Crippen molar-refractivity contribution in [1.82, 2.24) is 5.32 Å². The first-order chi connectivity index (χ1) is 13.7. The Balaban J connectivity index is 1.45. The van der Waals surface area contributed by atoms with Gasteiger partial charge in [0, 0.05) is 22.9 Å². The van der Waals surface area contributed by atoms with Crippen LogP contribution in [0.3, 0.4) is 0 Å². The van der Waals surface area contributed by atoms with Crippen LogP contribution in [-0.2, 0) is 0 Å². The highest BCUT2D eigenvalue weighted by Crippen LogP contribution is 2.23.